The van der Waals surface area contributed by atoms with Gasteiger partial charge in [-0.25, -0.2) is 0 Å². The zero-order chi connectivity index (χ0) is 61.9. The van der Waals surface area contributed by atoms with E-state index in [2.05, 4.69) is 135 Å². The number of unbranched alkanes of at least 4 members (excludes halogenated alkanes) is 28. The molecule has 486 valence electrons. The molecule has 0 bridgehead atoms. The van der Waals surface area contributed by atoms with Gasteiger partial charge in [0.2, 0.25) is 0 Å². The number of nitrogens with zero attached hydrogens (tertiary/aromatic N) is 1. The van der Waals surface area contributed by atoms with E-state index in [1.807, 2.05) is 21.1 Å². The Bertz CT molecular complexity index is 1810. The summed E-state index contributed by atoms with van der Waals surface area (Å²) in [6.07, 6.45) is 89.9. The van der Waals surface area contributed by atoms with Crippen LogP contribution in [-0.4, -0.2) is 82.3 Å². The van der Waals surface area contributed by atoms with Gasteiger partial charge in [-0.05, 0) is 109 Å². The lowest BCUT2D eigenvalue weighted by Crippen LogP contribution is -2.44. The molecular formula is C76H129NO8. The lowest BCUT2D eigenvalue weighted by atomic mass is 10.0. The number of hydrogen-bond donors (Lipinski definition) is 0. The first-order valence-corrected chi connectivity index (χ1v) is 34.7. The molecule has 0 spiro atoms. The van der Waals surface area contributed by atoms with E-state index >= 15 is 0 Å². The number of carboxylic acids is 1. The standard InChI is InChI=1S/C76H129NO8/c1-6-8-10-12-14-16-18-20-22-24-26-28-30-32-34-35-36-37-38-39-41-42-44-46-48-50-52-54-56-58-60-62-64-66-73(78)83-70-72(71-84-76(75(80)81)82-69-68-77(3,4)5)85-74(79)67-65-63-61-59-57-55-53-51-49-47-45-43-40-33-31-29-27-25-23-21-19-17-15-13-11-9-7-2/h9,11,15,17-18,20-21,23-24,26-27,29-30,32-33,40,45,47,51,53,72,76H,6-8,10,12-14,16,19,22,25,28,31,34-39,41-44,46,48-50,52,54-71H2,1-5H3/b11-9-,17-15-,20-18-,23-21-,26-24-,29-27-,32-30-,40-33-,47-45-,53-51-. The molecule has 0 aliphatic heterocycles. The second kappa shape index (κ2) is 65.7. The first kappa shape index (κ1) is 80.7. The molecule has 9 nitrogen and oxygen atoms in total. The van der Waals surface area contributed by atoms with Gasteiger partial charge in [0.25, 0.3) is 0 Å². The SMILES string of the molecule is CC/C=C\C/C=C\C/C=C\C/C=C\C/C=C\C/C=C\C/C=C\CCCCCCCC(=O)OC(COC(=O)CCCCCCCCCCCCCCCCCCCC/C=C\C/C=C\C/C=C\CCCCCCC)COC(OCC[N+](C)(C)C)C(=O)[O-]. The third-order valence-corrected chi connectivity index (χ3v) is 14.7. The maximum Gasteiger partial charge on any atom is 0.306 e. The summed E-state index contributed by atoms with van der Waals surface area (Å²) in [5, 5.41) is 11.8. The zero-order valence-electron chi connectivity index (χ0n) is 55.4. The number of ether oxygens (including phenoxy) is 4. The molecule has 0 saturated carbocycles. The van der Waals surface area contributed by atoms with Crippen LogP contribution in [0.15, 0.2) is 122 Å². The van der Waals surface area contributed by atoms with Crippen molar-refractivity contribution in [2.45, 2.75) is 296 Å². The highest BCUT2D eigenvalue weighted by molar-refractivity contribution is 5.70. The Morgan fingerprint density at radius 3 is 1.00 bits per heavy atom. The first-order valence-electron chi connectivity index (χ1n) is 34.7. The van der Waals surface area contributed by atoms with Gasteiger partial charge in [-0.3, -0.25) is 9.59 Å². The number of allylic oxidation sites excluding steroid dienone is 20. The Morgan fingerprint density at radius 2 is 0.671 bits per heavy atom. The number of likely N-dealkylation sites (N-methyl/N-ethyl adjacent to an activating group) is 1. The fourth-order valence-corrected chi connectivity index (χ4v) is 9.41. The van der Waals surface area contributed by atoms with Crippen LogP contribution < -0.4 is 5.11 Å². The lowest BCUT2D eigenvalue weighted by Gasteiger charge is -2.26. The van der Waals surface area contributed by atoms with Crippen LogP contribution in [0.2, 0.25) is 0 Å². The smallest absolute Gasteiger partial charge is 0.306 e. The number of rotatable bonds is 63. The molecule has 0 amide bonds. The van der Waals surface area contributed by atoms with Crippen molar-refractivity contribution in [2.75, 3.05) is 47.5 Å². The predicted molar refractivity (Wildman–Crippen MR) is 361 cm³/mol. The second-order valence-electron chi connectivity index (χ2n) is 24.1. The van der Waals surface area contributed by atoms with Crippen molar-refractivity contribution in [1.82, 2.24) is 0 Å². The van der Waals surface area contributed by atoms with Crippen molar-refractivity contribution < 1.29 is 42.9 Å². The van der Waals surface area contributed by atoms with Crippen LogP contribution >= 0.6 is 0 Å². The Hall–Kier alpha value is -4.31. The molecule has 0 heterocycles. The van der Waals surface area contributed by atoms with Crippen molar-refractivity contribution >= 4 is 17.9 Å². The molecule has 0 N–H and O–H groups in total. The van der Waals surface area contributed by atoms with Gasteiger partial charge in [0.1, 0.15) is 13.2 Å². The molecule has 2 atom stereocenters. The minimum atomic E-state index is -1.63. The van der Waals surface area contributed by atoms with Crippen LogP contribution in [0.25, 0.3) is 0 Å². The van der Waals surface area contributed by atoms with E-state index in [4.69, 9.17) is 18.9 Å². The van der Waals surface area contributed by atoms with Crippen LogP contribution in [0.5, 0.6) is 0 Å². The summed E-state index contributed by atoms with van der Waals surface area (Å²) in [5.41, 5.74) is 0. The van der Waals surface area contributed by atoms with Gasteiger partial charge in [0.05, 0.1) is 40.3 Å². The quantitative estimate of drug-likeness (QED) is 0.0195. The number of carbonyl (C=O) groups is 3. The first-order chi connectivity index (χ1) is 41.6. The molecule has 0 aliphatic carbocycles. The topological polar surface area (TPSA) is 111 Å². The summed E-state index contributed by atoms with van der Waals surface area (Å²) in [6, 6.07) is 0. The molecule has 85 heavy (non-hydrogen) atoms. The number of carbonyl (C=O) groups excluding carboxylic acids is 3. The highest BCUT2D eigenvalue weighted by Gasteiger charge is 2.22. The molecule has 0 aromatic rings. The summed E-state index contributed by atoms with van der Waals surface area (Å²) in [4.78, 5) is 37.5. The van der Waals surface area contributed by atoms with Crippen molar-refractivity contribution in [3.8, 4) is 0 Å². The number of quaternary nitrogens is 1. The van der Waals surface area contributed by atoms with E-state index in [0.717, 1.165) is 109 Å². The van der Waals surface area contributed by atoms with Gasteiger partial charge in [-0.1, -0.05) is 283 Å². The number of esters is 2. The Balaban J connectivity index is 4.17. The minimum absolute atomic E-state index is 0.138. The summed E-state index contributed by atoms with van der Waals surface area (Å²) < 4.78 is 22.8. The maximum atomic E-state index is 12.9. The minimum Gasteiger partial charge on any atom is -0.545 e. The van der Waals surface area contributed by atoms with E-state index in [1.54, 1.807) is 0 Å². The highest BCUT2D eigenvalue weighted by atomic mass is 16.7. The largest absolute Gasteiger partial charge is 0.545 e. The second-order valence-corrected chi connectivity index (χ2v) is 24.1. The molecule has 0 aromatic carbocycles. The van der Waals surface area contributed by atoms with E-state index in [9.17, 15) is 19.5 Å². The molecule has 9 heteroatoms. The fourth-order valence-electron chi connectivity index (χ4n) is 9.41. The van der Waals surface area contributed by atoms with Gasteiger partial charge < -0.3 is 33.3 Å². The van der Waals surface area contributed by atoms with E-state index < -0.39 is 24.3 Å². The lowest BCUT2D eigenvalue weighted by molar-refractivity contribution is -0.870. The van der Waals surface area contributed by atoms with Crippen molar-refractivity contribution in [3.63, 3.8) is 0 Å². The monoisotopic (exact) mass is 1180 g/mol. The average molecular weight is 1180 g/mol. The predicted octanol–water partition coefficient (Wildman–Crippen LogP) is 20.2. The van der Waals surface area contributed by atoms with E-state index in [0.29, 0.717) is 17.4 Å². The van der Waals surface area contributed by atoms with Crippen molar-refractivity contribution in [1.29, 1.82) is 0 Å². The van der Waals surface area contributed by atoms with Gasteiger partial charge in [-0.2, -0.15) is 0 Å². The van der Waals surface area contributed by atoms with Gasteiger partial charge in [0, 0.05) is 12.8 Å². The summed E-state index contributed by atoms with van der Waals surface area (Å²) in [6.45, 7) is 4.61. The van der Waals surface area contributed by atoms with Crippen LogP contribution in [-0.2, 0) is 33.3 Å². The summed E-state index contributed by atoms with van der Waals surface area (Å²) in [7, 11) is 5.92. The molecule has 0 saturated heterocycles. The van der Waals surface area contributed by atoms with Crippen LogP contribution in [0.4, 0.5) is 0 Å². The Labute approximate surface area is 523 Å². The normalized spacial score (nSPS) is 13.5. The third-order valence-electron chi connectivity index (χ3n) is 14.7. The van der Waals surface area contributed by atoms with Crippen LogP contribution in [0.3, 0.4) is 0 Å². The third kappa shape index (κ3) is 67.1. The van der Waals surface area contributed by atoms with Crippen LogP contribution in [0, 0.1) is 0 Å². The maximum absolute atomic E-state index is 12.9. The molecular weight excluding hydrogens is 1050 g/mol. The summed E-state index contributed by atoms with van der Waals surface area (Å²) >= 11 is 0. The average Bonchev–Trinajstić information content (AvgIpc) is 3.48. The van der Waals surface area contributed by atoms with Gasteiger partial charge in [0.15, 0.2) is 12.4 Å². The molecule has 0 fully saturated rings. The van der Waals surface area contributed by atoms with Crippen molar-refractivity contribution in [2.24, 2.45) is 0 Å². The van der Waals surface area contributed by atoms with Crippen LogP contribution in [0.1, 0.15) is 284 Å². The van der Waals surface area contributed by atoms with E-state index in [1.165, 1.54) is 141 Å². The molecule has 0 rings (SSSR count). The highest BCUT2D eigenvalue weighted by Crippen LogP contribution is 2.17. The zero-order valence-corrected chi connectivity index (χ0v) is 55.4. The van der Waals surface area contributed by atoms with Gasteiger partial charge in [-0.15, -0.1) is 0 Å². The molecule has 0 aromatic heterocycles. The number of aliphatic carboxylic acids is 1. The Morgan fingerprint density at radius 1 is 0.365 bits per heavy atom. The Kier molecular flexibility index (Phi) is 62.3. The number of carboxylic acid groups (broad SMARTS) is 1. The number of hydrogen-bond acceptors (Lipinski definition) is 8. The van der Waals surface area contributed by atoms with Crippen molar-refractivity contribution in [3.05, 3.63) is 122 Å². The van der Waals surface area contributed by atoms with E-state index in [-0.39, 0.29) is 38.6 Å². The summed E-state index contributed by atoms with van der Waals surface area (Å²) in [5.74, 6) is -2.31. The van der Waals surface area contributed by atoms with Gasteiger partial charge >= 0.3 is 11.9 Å². The molecule has 0 aliphatic rings. The molecule has 2 unspecified atom stereocenters. The fraction of sp³-hybridized carbons (Fsp3) is 0.697. The molecule has 0 radical (unpaired) electrons.